The Bertz CT molecular complexity index is 595. The molecule has 2 aliphatic rings. The van der Waals surface area contributed by atoms with Crippen molar-refractivity contribution in [3.8, 4) is 5.75 Å². The van der Waals surface area contributed by atoms with Gasteiger partial charge in [0.2, 0.25) is 5.96 Å². The third-order valence-corrected chi connectivity index (χ3v) is 4.47. The zero-order valence-electron chi connectivity index (χ0n) is 14.1. The number of benzene rings is 1. The predicted molar refractivity (Wildman–Crippen MR) is 96.9 cm³/mol. The third kappa shape index (κ3) is 3.68. The number of hydrogen-bond donors (Lipinski definition) is 2. The topological polar surface area (TPSA) is 73.2 Å². The normalized spacial score (nSPS) is 18.8. The zero-order valence-corrected chi connectivity index (χ0v) is 14.1. The van der Waals surface area contributed by atoms with Crippen molar-refractivity contribution in [1.29, 1.82) is 5.41 Å². The van der Waals surface area contributed by atoms with Crippen LogP contribution in [0.1, 0.15) is 6.92 Å². The highest BCUT2D eigenvalue weighted by atomic mass is 16.5. The molecule has 2 heterocycles. The summed E-state index contributed by atoms with van der Waals surface area (Å²) in [7, 11) is 0. The summed E-state index contributed by atoms with van der Waals surface area (Å²) < 4.78 is 11.1. The number of rotatable bonds is 5. The fourth-order valence-electron chi connectivity index (χ4n) is 3.06. The van der Waals surface area contributed by atoms with Crippen LogP contribution in [0.5, 0.6) is 5.75 Å². The molecule has 0 saturated carbocycles. The zero-order chi connectivity index (χ0) is 16.9. The summed E-state index contributed by atoms with van der Waals surface area (Å²) in [5, 5.41) is 10.5. The van der Waals surface area contributed by atoms with Gasteiger partial charge in [0.05, 0.1) is 31.5 Å². The SMILES string of the molecule is C=NC(=N)Nc1ccc(N2CCN(C3COC3)CC2)c(OCC)c1. The lowest BCUT2D eigenvalue weighted by Gasteiger charge is -2.43. The van der Waals surface area contributed by atoms with Crippen LogP contribution in [0.25, 0.3) is 0 Å². The minimum absolute atomic E-state index is 0.0292. The van der Waals surface area contributed by atoms with Crippen molar-refractivity contribution in [3.63, 3.8) is 0 Å². The first-order valence-electron chi connectivity index (χ1n) is 8.37. The highest BCUT2D eigenvalue weighted by Gasteiger charge is 2.29. The van der Waals surface area contributed by atoms with Gasteiger partial charge in [0.15, 0.2) is 0 Å². The van der Waals surface area contributed by atoms with Gasteiger partial charge in [0, 0.05) is 37.9 Å². The first-order chi connectivity index (χ1) is 11.7. The molecule has 7 nitrogen and oxygen atoms in total. The summed E-state index contributed by atoms with van der Waals surface area (Å²) in [5.74, 6) is 0.862. The number of guanidine groups is 1. The third-order valence-electron chi connectivity index (χ3n) is 4.47. The second-order valence-electron chi connectivity index (χ2n) is 5.96. The lowest BCUT2D eigenvalue weighted by Crippen LogP contribution is -2.56. The van der Waals surface area contributed by atoms with E-state index in [2.05, 4.69) is 26.8 Å². The van der Waals surface area contributed by atoms with Crippen molar-refractivity contribution in [2.45, 2.75) is 13.0 Å². The summed E-state index contributed by atoms with van der Waals surface area (Å²) in [6.45, 7) is 11.7. The van der Waals surface area contributed by atoms with Crippen molar-refractivity contribution in [2.24, 2.45) is 4.99 Å². The molecule has 0 radical (unpaired) electrons. The number of nitrogens with zero attached hydrogens (tertiary/aromatic N) is 3. The van der Waals surface area contributed by atoms with Crippen LogP contribution in [0.3, 0.4) is 0 Å². The van der Waals surface area contributed by atoms with Gasteiger partial charge in [-0.05, 0) is 25.8 Å². The Kier molecular flexibility index (Phi) is 5.32. The molecular formula is C17H25N5O2. The number of aliphatic imine (C=N–C) groups is 1. The van der Waals surface area contributed by atoms with Crippen molar-refractivity contribution >= 4 is 24.1 Å². The van der Waals surface area contributed by atoms with Gasteiger partial charge in [0.25, 0.3) is 0 Å². The predicted octanol–water partition coefficient (Wildman–Crippen LogP) is 1.65. The summed E-state index contributed by atoms with van der Waals surface area (Å²) in [6, 6.07) is 6.52. The van der Waals surface area contributed by atoms with Crippen LogP contribution in [0.15, 0.2) is 23.2 Å². The number of anilines is 2. The fraction of sp³-hybridized carbons (Fsp3) is 0.529. The molecule has 24 heavy (non-hydrogen) atoms. The van der Waals surface area contributed by atoms with Crippen LogP contribution >= 0.6 is 0 Å². The van der Waals surface area contributed by atoms with E-state index in [1.165, 1.54) is 0 Å². The van der Waals surface area contributed by atoms with Crippen molar-refractivity contribution in [3.05, 3.63) is 18.2 Å². The molecule has 0 aliphatic carbocycles. The Balaban J connectivity index is 1.69. The van der Waals surface area contributed by atoms with E-state index in [9.17, 15) is 0 Å². The maximum Gasteiger partial charge on any atom is 0.219 e. The molecule has 1 aromatic rings. The van der Waals surface area contributed by atoms with Crippen LogP contribution < -0.4 is 15.0 Å². The largest absolute Gasteiger partial charge is 0.492 e. The molecule has 0 aromatic heterocycles. The number of hydrogen-bond acceptors (Lipinski definition) is 5. The van der Waals surface area contributed by atoms with Crippen molar-refractivity contribution < 1.29 is 9.47 Å². The average Bonchev–Trinajstić information content (AvgIpc) is 2.55. The summed E-state index contributed by atoms with van der Waals surface area (Å²) in [5.41, 5.74) is 1.88. The molecule has 2 N–H and O–H groups in total. The van der Waals surface area contributed by atoms with Crippen LogP contribution in [-0.2, 0) is 4.74 Å². The van der Waals surface area contributed by atoms with Crippen molar-refractivity contribution in [2.75, 3.05) is 56.2 Å². The number of piperazine rings is 1. The van der Waals surface area contributed by atoms with Gasteiger partial charge in [0.1, 0.15) is 5.75 Å². The van der Waals surface area contributed by atoms with Crippen LogP contribution in [0.2, 0.25) is 0 Å². The van der Waals surface area contributed by atoms with E-state index in [1.54, 1.807) is 0 Å². The Hall–Kier alpha value is -2.12. The van der Waals surface area contributed by atoms with E-state index in [1.807, 2.05) is 25.1 Å². The van der Waals surface area contributed by atoms with Crippen LogP contribution in [0, 0.1) is 5.41 Å². The molecular weight excluding hydrogens is 306 g/mol. The Morgan fingerprint density at radius 1 is 1.38 bits per heavy atom. The Morgan fingerprint density at radius 3 is 2.71 bits per heavy atom. The highest BCUT2D eigenvalue weighted by molar-refractivity contribution is 5.94. The first kappa shape index (κ1) is 16.7. The van der Waals surface area contributed by atoms with E-state index >= 15 is 0 Å². The molecule has 1 aromatic carbocycles. The van der Waals surface area contributed by atoms with E-state index in [0.717, 1.165) is 56.5 Å². The fourth-order valence-corrected chi connectivity index (χ4v) is 3.06. The van der Waals surface area contributed by atoms with E-state index in [-0.39, 0.29) is 5.96 Å². The Morgan fingerprint density at radius 2 is 2.12 bits per heavy atom. The molecule has 2 aliphatic heterocycles. The number of ether oxygens (including phenoxy) is 2. The molecule has 7 heteroatoms. The van der Waals surface area contributed by atoms with Gasteiger partial charge in [-0.1, -0.05) is 0 Å². The molecule has 0 amide bonds. The highest BCUT2D eigenvalue weighted by Crippen LogP contribution is 2.32. The van der Waals surface area contributed by atoms with E-state index in [0.29, 0.717) is 12.6 Å². The van der Waals surface area contributed by atoms with E-state index < -0.39 is 0 Å². The van der Waals surface area contributed by atoms with Crippen LogP contribution in [0.4, 0.5) is 11.4 Å². The molecule has 2 saturated heterocycles. The number of nitrogens with one attached hydrogen (secondary N) is 2. The van der Waals surface area contributed by atoms with Crippen molar-refractivity contribution in [1.82, 2.24) is 4.90 Å². The first-order valence-corrected chi connectivity index (χ1v) is 8.37. The monoisotopic (exact) mass is 331 g/mol. The maximum atomic E-state index is 7.58. The average molecular weight is 331 g/mol. The molecule has 2 fully saturated rings. The molecule has 0 atom stereocenters. The second kappa shape index (κ2) is 7.63. The molecule has 0 unspecified atom stereocenters. The standard InChI is InChI=1S/C17H25N5O2/c1-3-24-16-10-13(20-17(18)19-2)4-5-15(16)22-8-6-21(7-9-22)14-11-23-12-14/h4-5,10,14H,2-3,6-9,11-12H2,1H3,(H2,18,20). The van der Waals surface area contributed by atoms with Gasteiger partial charge in [-0.3, -0.25) is 10.3 Å². The lowest BCUT2D eigenvalue weighted by molar-refractivity contribution is -0.0660. The van der Waals surface area contributed by atoms with Gasteiger partial charge >= 0.3 is 0 Å². The van der Waals surface area contributed by atoms with Gasteiger partial charge in [-0.15, -0.1) is 0 Å². The Labute approximate surface area is 142 Å². The van der Waals surface area contributed by atoms with Crippen LogP contribution in [-0.4, -0.2) is 69.6 Å². The molecule has 3 rings (SSSR count). The minimum atomic E-state index is 0.0292. The summed E-state index contributed by atoms with van der Waals surface area (Å²) >= 11 is 0. The summed E-state index contributed by atoms with van der Waals surface area (Å²) in [6.07, 6.45) is 0. The van der Waals surface area contributed by atoms with Gasteiger partial charge in [-0.2, -0.15) is 0 Å². The molecule has 0 spiro atoms. The second-order valence-corrected chi connectivity index (χ2v) is 5.96. The maximum absolute atomic E-state index is 7.58. The summed E-state index contributed by atoms with van der Waals surface area (Å²) in [4.78, 5) is 8.44. The van der Waals surface area contributed by atoms with Gasteiger partial charge in [-0.25, -0.2) is 4.99 Å². The minimum Gasteiger partial charge on any atom is -0.492 e. The quantitative estimate of drug-likeness (QED) is 0.634. The smallest absolute Gasteiger partial charge is 0.219 e. The van der Waals surface area contributed by atoms with E-state index in [4.69, 9.17) is 14.9 Å². The molecule has 0 bridgehead atoms. The molecule has 130 valence electrons. The lowest BCUT2D eigenvalue weighted by atomic mass is 10.1. The van der Waals surface area contributed by atoms with Gasteiger partial charge < -0.3 is 19.7 Å².